The van der Waals surface area contributed by atoms with Crippen molar-refractivity contribution in [1.29, 1.82) is 0 Å². The molecule has 0 bridgehead atoms. The lowest BCUT2D eigenvalue weighted by Crippen LogP contribution is -2.47. The summed E-state index contributed by atoms with van der Waals surface area (Å²) in [5.74, 6) is 1.35. The van der Waals surface area contributed by atoms with Crippen molar-refractivity contribution in [3.8, 4) is 5.75 Å². The Morgan fingerprint density at radius 1 is 1.44 bits per heavy atom. The monoisotopic (exact) mass is 247 g/mol. The van der Waals surface area contributed by atoms with Gasteiger partial charge in [0.15, 0.2) is 0 Å². The summed E-state index contributed by atoms with van der Waals surface area (Å²) >= 11 is 0. The Hall–Kier alpha value is -1.06. The standard InChI is InChI=1S/C15H21NO2/c1-17-13-5-4-11-3-2-7-15(16,14(11)9-13)12-6-8-18-10-12/h4-5,9,12H,2-3,6-8,10,16H2,1H3. The van der Waals surface area contributed by atoms with Crippen LogP contribution < -0.4 is 10.5 Å². The van der Waals surface area contributed by atoms with Crippen LogP contribution >= 0.6 is 0 Å². The van der Waals surface area contributed by atoms with Gasteiger partial charge in [-0.05, 0) is 48.9 Å². The van der Waals surface area contributed by atoms with Crippen LogP contribution in [0, 0.1) is 5.92 Å². The summed E-state index contributed by atoms with van der Waals surface area (Å²) in [6.07, 6.45) is 4.44. The molecule has 1 aliphatic carbocycles. The number of methoxy groups -OCH3 is 1. The normalized spacial score (nSPS) is 31.1. The molecule has 1 saturated heterocycles. The van der Waals surface area contributed by atoms with E-state index in [1.165, 1.54) is 17.5 Å². The first kappa shape index (κ1) is 12.0. The Balaban J connectivity index is 2.03. The highest BCUT2D eigenvalue weighted by Gasteiger charge is 2.41. The molecule has 3 rings (SSSR count). The van der Waals surface area contributed by atoms with Gasteiger partial charge in [-0.1, -0.05) is 6.07 Å². The van der Waals surface area contributed by atoms with Gasteiger partial charge in [0.25, 0.3) is 0 Å². The molecular formula is C15H21NO2. The quantitative estimate of drug-likeness (QED) is 0.871. The van der Waals surface area contributed by atoms with Crippen molar-refractivity contribution in [2.24, 2.45) is 11.7 Å². The predicted octanol–water partition coefficient (Wildman–Crippen LogP) is 2.22. The highest BCUT2D eigenvalue weighted by molar-refractivity contribution is 5.42. The lowest BCUT2D eigenvalue weighted by atomic mass is 9.69. The van der Waals surface area contributed by atoms with Gasteiger partial charge in [-0.15, -0.1) is 0 Å². The second-order valence-corrected chi connectivity index (χ2v) is 5.48. The van der Waals surface area contributed by atoms with Gasteiger partial charge in [0, 0.05) is 18.1 Å². The van der Waals surface area contributed by atoms with Gasteiger partial charge < -0.3 is 15.2 Å². The minimum Gasteiger partial charge on any atom is -0.497 e. The van der Waals surface area contributed by atoms with E-state index in [9.17, 15) is 0 Å². The smallest absolute Gasteiger partial charge is 0.119 e. The van der Waals surface area contributed by atoms with E-state index < -0.39 is 0 Å². The summed E-state index contributed by atoms with van der Waals surface area (Å²) in [6.45, 7) is 1.65. The number of hydrogen-bond acceptors (Lipinski definition) is 3. The molecule has 1 aromatic carbocycles. The first-order chi connectivity index (χ1) is 8.74. The van der Waals surface area contributed by atoms with Crippen LogP contribution in [0.5, 0.6) is 5.75 Å². The van der Waals surface area contributed by atoms with E-state index in [0.29, 0.717) is 5.92 Å². The van der Waals surface area contributed by atoms with Crippen LogP contribution in [0.2, 0.25) is 0 Å². The molecule has 1 fully saturated rings. The molecule has 0 saturated carbocycles. The summed E-state index contributed by atoms with van der Waals surface area (Å²) < 4.78 is 10.9. The number of rotatable bonds is 2. The number of hydrogen-bond donors (Lipinski definition) is 1. The maximum Gasteiger partial charge on any atom is 0.119 e. The fraction of sp³-hybridized carbons (Fsp3) is 0.600. The Morgan fingerprint density at radius 2 is 2.33 bits per heavy atom. The molecule has 1 aromatic rings. The minimum atomic E-state index is -0.224. The maximum atomic E-state index is 6.76. The topological polar surface area (TPSA) is 44.5 Å². The zero-order valence-electron chi connectivity index (χ0n) is 10.9. The van der Waals surface area contributed by atoms with E-state index in [0.717, 1.165) is 38.2 Å². The fourth-order valence-corrected chi connectivity index (χ4v) is 3.40. The molecule has 0 amide bonds. The Kier molecular flexibility index (Phi) is 3.04. The summed E-state index contributed by atoms with van der Waals surface area (Å²) in [6, 6.07) is 6.34. The van der Waals surface area contributed by atoms with Crippen LogP contribution in [0.1, 0.15) is 30.4 Å². The van der Waals surface area contributed by atoms with E-state index in [1.807, 2.05) is 6.07 Å². The number of fused-ring (bicyclic) bond motifs is 1. The van der Waals surface area contributed by atoms with Gasteiger partial charge in [0.05, 0.1) is 13.7 Å². The van der Waals surface area contributed by atoms with Crippen molar-refractivity contribution in [2.45, 2.75) is 31.2 Å². The molecule has 18 heavy (non-hydrogen) atoms. The van der Waals surface area contributed by atoms with Crippen LogP contribution in [-0.4, -0.2) is 20.3 Å². The van der Waals surface area contributed by atoms with Gasteiger partial charge in [-0.3, -0.25) is 0 Å². The van der Waals surface area contributed by atoms with Crippen molar-refractivity contribution >= 4 is 0 Å². The summed E-state index contributed by atoms with van der Waals surface area (Å²) in [5.41, 5.74) is 9.21. The number of ether oxygens (including phenoxy) is 2. The second-order valence-electron chi connectivity index (χ2n) is 5.48. The average Bonchev–Trinajstić information content (AvgIpc) is 2.93. The van der Waals surface area contributed by atoms with Crippen LogP contribution in [0.3, 0.4) is 0 Å². The van der Waals surface area contributed by atoms with E-state index >= 15 is 0 Å². The van der Waals surface area contributed by atoms with Crippen molar-refractivity contribution in [1.82, 2.24) is 0 Å². The van der Waals surface area contributed by atoms with Gasteiger partial charge in [-0.25, -0.2) is 0 Å². The van der Waals surface area contributed by atoms with Crippen LogP contribution in [0.4, 0.5) is 0 Å². The number of nitrogens with two attached hydrogens (primary N) is 1. The first-order valence-electron chi connectivity index (χ1n) is 6.78. The Labute approximate surface area is 108 Å². The minimum absolute atomic E-state index is 0.224. The maximum absolute atomic E-state index is 6.76. The molecule has 0 spiro atoms. The zero-order chi connectivity index (χ0) is 12.6. The molecule has 2 aliphatic rings. The Bertz CT molecular complexity index is 440. The molecule has 2 atom stereocenters. The summed E-state index contributed by atoms with van der Waals surface area (Å²) in [7, 11) is 1.71. The molecule has 0 radical (unpaired) electrons. The fourth-order valence-electron chi connectivity index (χ4n) is 3.40. The van der Waals surface area contributed by atoms with Crippen molar-refractivity contribution in [3.63, 3.8) is 0 Å². The molecule has 3 nitrogen and oxygen atoms in total. The molecule has 98 valence electrons. The largest absolute Gasteiger partial charge is 0.497 e. The van der Waals surface area contributed by atoms with Crippen molar-refractivity contribution in [3.05, 3.63) is 29.3 Å². The summed E-state index contributed by atoms with van der Waals surface area (Å²) in [4.78, 5) is 0. The average molecular weight is 247 g/mol. The van der Waals surface area contributed by atoms with Crippen LogP contribution in [0.15, 0.2) is 18.2 Å². The van der Waals surface area contributed by atoms with Crippen molar-refractivity contribution in [2.75, 3.05) is 20.3 Å². The van der Waals surface area contributed by atoms with Gasteiger partial charge in [0.2, 0.25) is 0 Å². The third-order valence-corrected chi connectivity index (χ3v) is 4.51. The molecule has 1 heterocycles. The van der Waals surface area contributed by atoms with Crippen molar-refractivity contribution < 1.29 is 9.47 Å². The van der Waals surface area contributed by atoms with E-state index in [-0.39, 0.29) is 5.54 Å². The second kappa shape index (κ2) is 4.56. The third kappa shape index (κ3) is 1.82. The molecule has 0 aromatic heterocycles. The zero-order valence-corrected chi connectivity index (χ0v) is 10.9. The van der Waals surface area contributed by atoms with Gasteiger partial charge >= 0.3 is 0 Å². The van der Waals surface area contributed by atoms with E-state index in [1.54, 1.807) is 7.11 Å². The molecule has 2 N–H and O–H groups in total. The highest BCUT2D eigenvalue weighted by atomic mass is 16.5. The third-order valence-electron chi connectivity index (χ3n) is 4.51. The lowest BCUT2D eigenvalue weighted by molar-refractivity contribution is 0.154. The first-order valence-corrected chi connectivity index (χ1v) is 6.78. The molecule has 1 aliphatic heterocycles. The number of aryl methyl sites for hydroxylation is 1. The van der Waals surface area contributed by atoms with E-state index in [4.69, 9.17) is 15.2 Å². The SMILES string of the molecule is COc1ccc2c(c1)C(N)(C1CCOC1)CCC2. The molecule has 2 unspecified atom stereocenters. The Morgan fingerprint density at radius 3 is 3.06 bits per heavy atom. The number of benzene rings is 1. The van der Waals surface area contributed by atoms with Gasteiger partial charge in [-0.2, -0.15) is 0 Å². The van der Waals surface area contributed by atoms with Crippen LogP contribution in [-0.2, 0) is 16.7 Å². The summed E-state index contributed by atoms with van der Waals surface area (Å²) in [5, 5.41) is 0. The van der Waals surface area contributed by atoms with Gasteiger partial charge in [0.1, 0.15) is 5.75 Å². The van der Waals surface area contributed by atoms with E-state index in [2.05, 4.69) is 12.1 Å². The lowest BCUT2D eigenvalue weighted by Gasteiger charge is -2.40. The molecular weight excluding hydrogens is 226 g/mol. The highest BCUT2D eigenvalue weighted by Crippen LogP contribution is 2.43. The predicted molar refractivity (Wildman–Crippen MR) is 70.7 cm³/mol. The van der Waals surface area contributed by atoms with Crippen LogP contribution in [0.25, 0.3) is 0 Å². The molecule has 3 heteroatoms.